The molecule has 0 N–H and O–H groups in total. The Morgan fingerprint density at radius 3 is 2.52 bits per heavy atom. The van der Waals surface area contributed by atoms with Crippen LogP contribution in [0.3, 0.4) is 0 Å². The highest BCUT2D eigenvalue weighted by Crippen LogP contribution is 2.32. The van der Waals surface area contributed by atoms with Gasteiger partial charge in [-0.2, -0.15) is 0 Å². The van der Waals surface area contributed by atoms with E-state index in [1.165, 1.54) is 0 Å². The van der Waals surface area contributed by atoms with E-state index in [2.05, 4.69) is 12.2 Å². The minimum Gasteiger partial charge on any atom is -0.342 e. The Morgan fingerprint density at radius 2 is 1.81 bits per heavy atom. The average Bonchev–Trinajstić information content (AvgIpc) is 2.83. The maximum absolute atomic E-state index is 12.4. The van der Waals surface area contributed by atoms with Gasteiger partial charge in [0.2, 0.25) is 11.8 Å². The predicted octanol–water partition coefficient (Wildman–Crippen LogP) is 2.20. The molecular formula is C17H26N2O2. The Kier molecular flexibility index (Phi) is 4.61. The third kappa shape index (κ3) is 3.47. The lowest BCUT2D eigenvalue weighted by Gasteiger charge is -2.22. The molecule has 0 aromatic carbocycles. The quantitative estimate of drug-likeness (QED) is 0.748. The summed E-state index contributed by atoms with van der Waals surface area (Å²) in [6, 6.07) is 0. The zero-order valence-corrected chi connectivity index (χ0v) is 12.8. The minimum atomic E-state index is 0.236. The summed E-state index contributed by atoms with van der Waals surface area (Å²) in [5.74, 6) is 1.80. The van der Waals surface area contributed by atoms with Gasteiger partial charge in [-0.25, -0.2) is 0 Å². The summed E-state index contributed by atoms with van der Waals surface area (Å²) in [7, 11) is 0. The number of nitrogens with zero attached hydrogens (tertiary/aromatic N) is 2. The van der Waals surface area contributed by atoms with Crippen molar-refractivity contribution >= 4 is 11.8 Å². The number of hydrogen-bond acceptors (Lipinski definition) is 2. The second-order valence-corrected chi connectivity index (χ2v) is 6.70. The maximum Gasteiger partial charge on any atom is 0.224 e. The average molecular weight is 290 g/mol. The second kappa shape index (κ2) is 6.63. The van der Waals surface area contributed by atoms with Crippen molar-refractivity contribution in [1.82, 2.24) is 9.80 Å². The van der Waals surface area contributed by atoms with Gasteiger partial charge < -0.3 is 9.80 Å². The third-order valence-electron chi connectivity index (χ3n) is 5.24. The number of carbonyl (C=O) groups excluding carboxylic acids is 2. The molecule has 3 aliphatic rings. The molecule has 0 spiro atoms. The van der Waals surface area contributed by atoms with E-state index in [1.807, 2.05) is 9.80 Å². The highest BCUT2D eigenvalue weighted by molar-refractivity contribution is 5.79. The van der Waals surface area contributed by atoms with E-state index >= 15 is 0 Å². The summed E-state index contributed by atoms with van der Waals surface area (Å²) < 4.78 is 0. The lowest BCUT2D eigenvalue weighted by Crippen LogP contribution is -2.36. The fourth-order valence-corrected chi connectivity index (χ4v) is 3.88. The van der Waals surface area contributed by atoms with Crippen LogP contribution in [0.4, 0.5) is 0 Å². The van der Waals surface area contributed by atoms with E-state index in [1.54, 1.807) is 0 Å². The molecule has 4 heteroatoms. The first-order valence-corrected chi connectivity index (χ1v) is 8.44. The van der Waals surface area contributed by atoms with Gasteiger partial charge in [-0.1, -0.05) is 18.6 Å². The number of amides is 2. The summed E-state index contributed by atoms with van der Waals surface area (Å²) >= 11 is 0. The molecule has 2 saturated heterocycles. The molecular weight excluding hydrogens is 264 g/mol. The van der Waals surface area contributed by atoms with Crippen molar-refractivity contribution in [2.45, 2.75) is 44.9 Å². The number of fused-ring (bicyclic) bond motifs is 1. The largest absolute Gasteiger partial charge is 0.342 e. The van der Waals surface area contributed by atoms with Gasteiger partial charge in [-0.3, -0.25) is 9.59 Å². The third-order valence-corrected chi connectivity index (χ3v) is 5.24. The Hall–Kier alpha value is -1.32. The highest BCUT2D eigenvalue weighted by Gasteiger charge is 2.34. The molecule has 3 rings (SSSR count). The summed E-state index contributed by atoms with van der Waals surface area (Å²) in [5.41, 5.74) is 0. The summed E-state index contributed by atoms with van der Waals surface area (Å²) in [5, 5.41) is 0. The van der Waals surface area contributed by atoms with Crippen molar-refractivity contribution in [2.24, 2.45) is 11.8 Å². The minimum absolute atomic E-state index is 0.236. The van der Waals surface area contributed by atoms with Gasteiger partial charge >= 0.3 is 0 Å². The zero-order chi connectivity index (χ0) is 14.7. The van der Waals surface area contributed by atoms with Crippen molar-refractivity contribution in [2.75, 3.05) is 26.2 Å². The molecule has 2 atom stereocenters. The van der Waals surface area contributed by atoms with Crippen LogP contribution in [0, 0.1) is 11.8 Å². The Labute approximate surface area is 127 Å². The SMILES string of the molecule is O=C1CCCCCN1CCC(=O)N1C[C@H]2CC=CC[C@H]2C1. The molecule has 21 heavy (non-hydrogen) atoms. The van der Waals surface area contributed by atoms with Gasteiger partial charge in [0.25, 0.3) is 0 Å². The fourth-order valence-electron chi connectivity index (χ4n) is 3.88. The Bertz CT molecular complexity index is 417. The molecule has 0 bridgehead atoms. The van der Waals surface area contributed by atoms with Gasteiger partial charge in [0.05, 0.1) is 0 Å². The van der Waals surface area contributed by atoms with E-state index in [0.717, 1.165) is 51.7 Å². The van der Waals surface area contributed by atoms with Crippen molar-refractivity contribution < 1.29 is 9.59 Å². The molecule has 2 aliphatic heterocycles. The number of hydrogen-bond donors (Lipinski definition) is 0. The molecule has 0 saturated carbocycles. The van der Waals surface area contributed by atoms with Crippen LogP contribution in [0.25, 0.3) is 0 Å². The number of rotatable bonds is 3. The first-order valence-electron chi connectivity index (χ1n) is 8.44. The van der Waals surface area contributed by atoms with Crippen LogP contribution in [0.1, 0.15) is 44.9 Å². The highest BCUT2D eigenvalue weighted by atomic mass is 16.2. The van der Waals surface area contributed by atoms with Gasteiger partial charge in [-0.15, -0.1) is 0 Å². The van der Waals surface area contributed by atoms with Crippen molar-refractivity contribution in [1.29, 1.82) is 0 Å². The molecule has 4 nitrogen and oxygen atoms in total. The van der Waals surface area contributed by atoms with Crippen LogP contribution in [0.5, 0.6) is 0 Å². The summed E-state index contributed by atoms with van der Waals surface area (Å²) in [6.45, 7) is 3.28. The smallest absolute Gasteiger partial charge is 0.224 e. The summed E-state index contributed by atoms with van der Waals surface area (Å²) in [6.07, 6.45) is 11.1. The van der Waals surface area contributed by atoms with Crippen LogP contribution in [0.2, 0.25) is 0 Å². The van der Waals surface area contributed by atoms with Crippen LogP contribution in [-0.4, -0.2) is 47.8 Å². The molecule has 116 valence electrons. The van der Waals surface area contributed by atoms with Crippen LogP contribution < -0.4 is 0 Å². The number of carbonyl (C=O) groups is 2. The number of allylic oxidation sites excluding steroid dienone is 2. The lowest BCUT2D eigenvalue weighted by atomic mass is 9.86. The van der Waals surface area contributed by atoms with Gasteiger partial charge in [0, 0.05) is 39.0 Å². The normalized spacial score (nSPS) is 29.4. The summed E-state index contributed by atoms with van der Waals surface area (Å²) in [4.78, 5) is 28.3. The topological polar surface area (TPSA) is 40.6 Å². The van der Waals surface area contributed by atoms with Crippen molar-refractivity contribution in [3.05, 3.63) is 12.2 Å². The van der Waals surface area contributed by atoms with E-state index in [0.29, 0.717) is 31.2 Å². The van der Waals surface area contributed by atoms with E-state index in [4.69, 9.17) is 0 Å². The monoisotopic (exact) mass is 290 g/mol. The first kappa shape index (κ1) is 14.6. The van der Waals surface area contributed by atoms with Gasteiger partial charge in [0.1, 0.15) is 0 Å². The Balaban J connectivity index is 1.47. The van der Waals surface area contributed by atoms with Crippen molar-refractivity contribution in [3.8, 4) is 0 Å². The molecule has 0 unspecified atom stereocenters. The number of likely N-dealkylation sites (tertiary alicyclic amines) is 2. The molecule has 0 aromatic heterocycles. The first-order chi connectivity index (χ1) is 10.2. The van der Waals surface area contributed by atoms with Crippen LogP contribution in [-0.2, 0) is 9.59 Å². The van der Waals surface area contributed by atoms with Gasteiger partial charge in [0.15, 0.2) is 0 Å². The molecule has 1 aliphatic carbocycles. The van der Waals surface area contributed by atoms with E-state index in [-0.39, 0.29) is 11.8 Å². The van der Waals surface area contributed by atoms with E-state index in [9.17, 15) is 9.59 Å². The molecule has 0 radical (unpaired) electrons. The van der Waals surface area contributed by atoms with Crippen LogP contribution in [0.15, 0.2) is 12.2 Å². The van der Waals surface area contributed by atoms with Gasteiger partial charge in [-0.05, 0) is 37.5 Å². The molecule has 2 fully saturated rings. The van der Waals surface area contributed by atoms with Crippen molar-refractivity contribution in [3.63, 3.8) is 0 Å². The Morgan fingerprint density at radius 1 is 1.10 bits per heavy atom. The van der Waals surface area contributed by atoms with E-state index < -0.39 is 0 Å². The van der Waals surface area contributed by atoms with Crippen LogP contribution >= 0.6 is 0 Å². The zero-order valence-electron chi connectivity index (χ0n) is 12.8. The molecule has 2 amide bonds. The lowest BCUT2D eigenvalue weighted by molar-refractivity contribution is -0.133. The predicted molar refractivity (Wildman–Crippen MR) is 81.6 cm³/mol. The fraction of sp³-hybridized carbons (Fsp3) is 0.765. The maximum atomic E-state index is 12.4. The second-order valence-electron chi connectivity index (χ2n) is 6.70. The standard InChI is InChI=1S/C17H26N2O2/c20-16-8-2-1-5-10-18(16)11-9-17(21)19-12-14-6-3-4-7-15(14)13-19/h3-4,14-15H,1-2,5-13H2/t14-,15+. The molecule has 2 heterocycles. The molecule has 0 aromatic rings.